The monoisotopic (exact) mass is 638 g/mol. The zero-order chi connectivity index (χ0) is 31.3. The number of benzene rings is 3. The maximum absolute atomic E-state index is 15.2. The molecule has 1 saturated carbocycles. The summed E-state index contributed by atoms with van der Waals surface area (Å²) in [6.45, 7) is 0.299. The topological polar surface area (TPSA) is 171 Å². The Hall–Kier alpha value is -4.94. The summed E-state index contributed by atoms with van der Waals surface area (Å²) in [5.74, 6) is -1.51. The van der Waals surface area contributed by atoms with Crippen LogP contribution in [0, 0.1) is 11.2 Å². The van der Waals surface area contributed by atoms with E-state index in [1.54, 1.807) is 42.5 Å². The number of nitrogens with zero attached hydrogens (tertiary/aromatic N) is 1. The number of carbonyl (C=O) groups excluding carboxylic acids is 2. The van der Waals surface area contributed by atoms with E-state index in [1.165, 1.54) is 25.4 Å². The van der Waals surface area contributed by atoms with Gasteiger partial charge in [0.15, 0.2) is 23.1 Å². The predicted octanol–water partition coefficient (Wildman–Crippen LogP) is 6.98. The number of rotatable bonds is 13. The number of amides is 2. The minimum Gasteiger partial charge on any atom is -0.493 e. The van der Waals surface area contributed by atoms with Crippen LogP contribution in [-0.4, -0.2) is 41.6 Å². The molecule has 1 aliphatic rings. The summed E-state index contributed by atoms with van der Waals surface area (Å²) < 4.78 is 32.3. The number of carboxylic acid groups (broad SMARTS) is 1. The van der Waals surface area contributed by atoms with Gasteiger partial charge in [0.1, 0.15) is 11.2 Å². The molecule has 45 heavy (non-hydrogen) atoms. The van der Waals surface area contributed by atoms with E-state index in [0.717, 1.165) is 6.07 Å². The molecule has 6 N–H and O–H groups in total. The standard InChI is InChI=1S/C32H29ClFN3O7.H3N/c1-42-27-17-22-24(18-28(27)43-14-3-2-7-29(38)39)35-13-10-25(22)44-26-9-8-21(16-23(26)34)37-31(41)32(11-12-32)30(40)36-20-6-4-5-19(33)15-20;/h4-6,8-10,13,15-18H,2-3,7,11-12,14H2,1H3,(H,36,40)(H,37,41)(H,38,39);1H3. The van der Waals surface area contributed by atoms with Crippen LogP contribution >= 0.6 is 11.6 Å². The molecule has 5 rings (SSSR count). The van der Waals surface area contributed by atoms with Gasteiger partial charge in [0.25, 0.3) is 0 Å². The molecule has 1 aromatic heterocycles. The number of nitrogens with one attached hydrogen (secondary N) is 2. The minimum atomic E-state index is -1.25. The van der Waals surface area contributed by atoms with Gasteiger partial charge in [-0.05, 0) is 68.1 Å². The second-order valence-electron chi connectivity index (χ2n) is 10.3. The van der Waals surface area contributed by atoms with Gasteiger partial charge in [-0.3, -0.25) is 19.4 Å². The Bertz CT molecular complexity index is 1730. The largest absolute Gasteiger partial charge is 0.493 e. The van der Waals surface area contributed by atoms with Crippen molar-refractivity contribution in [2.24, 2.45) is 5.41 Å². The van der Waals surface area contributed by atoms with E-state index >= 15 is 4.39 Å². The SMILES string of the molecule is COc1cc2c(Oc3ccc(NC(=O)C4(C(=O)Nc5cccc(Cl)c5)CC4)cc3F)ccnc2cc1OCCCCC(=O)O.N. The van der Waals surface area contributed by atoms with Crippen LogP contribution in [-0.2, 0) is 14.4 Å². The fourth-order valence-corrected chi connectivity index (χ4v) is 4.77. The number of carbonyl (C=O) groups is 3. The normalized spacial score (nSPS) is 12.9. The Kier molecular flexibility index (Phi) is 10.4. The number of unbranched alkanes of at least 4 members (excludes halogenated alkanes) is 1. The highest BCUT2D eigenvalue weighted by Crippen LogP contribution is 2.48. The Morgan fingerprint density at radius 1 is 0.933 bits per heavy atom. The highest BCUT2D eigenvalue weighted by Gasteiger charge is 2.56. The van der Waals surface area contributed by atoms with Crippen LogP contribution in [0.15, 0.2) is 66.9 Å². The van der Waals surface area contributed by atoms with Gasteiger partial charge in [0, 0.05) is 46.5 Å². The second-order valence-corrected chi connectivity index (χ2v) is 10.7. The van der Waals surface area contributed by atoms with Crippen LogP contribution in [0.3, 0.4) is 0 Å². The van der Waals surface area contributed by atoms with E-state index in [1.807, 2.05) is 0 Å². The van der Waals surface area contributed by atoms with Crippen molar-refractivity contribution in [2.45, 2.75) is 32.1 Å². The molecule has 2 amide bonds. The van der Waals surface area contributed by atoms with Crippen LogP contribution in [0.5, 0.6) is 23.0 Å². The lowest BCUT2D eigenvalue weighted by Gasteiger charge is -2.16. The average Bonchev–Trinajstić information content (AvgIpc) is 3.80. The number of anilines is 2. The number of aromatic nitrogens is 1. The van der Waals surface area contributed by atoms with Crippen molar-refractivity contribution >= 4 is 51.7 Å². The maximum Gasteiger partial charge on any atom is 0.303 e. The van der Waals surface area contributed by atoms with Crippen molar-refractivity contribution in [1.29, 1.82) is 0 Å². The average molecular weight is 639 g/mol. The molecule has 3 aromatic carbocycles. The number of pyridine rings is 1. The van der Waals surface area contributed by atoms with Crippen molar-refractivity contribution in [3.8, 4) is 23.0 Å². The molecule has 0 radical (unpaired) electrons. The molecule has 0 bridgehead atoms. The van der Waals surface area contributed by atoms with E-state index in [9.17, 15) is 14.4 Å². The second kappa shape index (κ2) is 14.2. The number of ether oxygens (including phenoxy) is 3. The minimum absolute atomic E-state index is 0. The van der Waals surface area contributed by atoms with Crippen molar-refractivity contribution < 1.29 is 38.1 Å². The van der Waals surface area contributed by atoms with Crippen molar-refractivity contribution in [3.63, 3.8) is 0 Å². The molecule has 0 unspecified atom stereocenters. The van der Waals surface area contributed by atoms with Crippen LogP contribution in [0.25, 0.3) is 10.9 Å². The van der Waals surface area contributed by atoms with Gasteiger partial charge in [-0.15, -0.1) is 0 Å². The summed E-state index contributed by atoms with van der Waals surface area (Å²) in [5, 5.41) is 15.2. The van der Waals surface area contributed by atoms with Crippen LogP contribution in [0.4, 0.5) is 15.8 Å². The molecule has 1 fully saturated rings. The fraction of sp³-hybridized carbons (Fsp3) is 0.250. The number of aliphatic carboxylic acids is 1. The summed E-state index contributed by atoms with van der Waals surface area (Å²) in [5.41, 5.74) is -0.0802. The third-order valence-corrected chi connectivity index (χ3v) is 7.38. The summed E-state index contributed by atoms with van der Waals surface area (Å²) in [6, 6.07) is 15.5. The fourth-order valence-electron chi connectivity index (χ4n) is 4.58. The van der Waals surface area contributed by atoms with Crippen molar-refractivity contribution in [2.75, 3.05) is 24.4 Å². The lowest BCUT2D eigenvalue weighted by atomic mass is 10.0. The van der Waals surface area contributed by atoms with Gasteiger partial charge < -0.3 is 36.1 Å². The molecule has 0 saturated heterocycles. The van der Waals surface area contributed by atoms with Crippen molar-refractivity contribution in [1.82, 2.24) is 11.1 Å². The molecule has 4 aromatic rings. The summed E-state index contributed by atoms with van der Waals surface area (Å²) in [7, 11) is 1.48. The molecule has 13 heteroatoms. The third-order valence-electron chi connectivity index (χ3n) is 7.14. The van der Waals surface area contributed by atoms with E-state index in [0.29, 0.717) is 71.2 Å². The van der Waals surface area contributed by atoms with Crippen LogP contribution in [0.2, 0.25) is 5.02 Å². The number of carboxylic acids is 1. The zero-order valence-electron chi connectivity index (χ0n) is 24.4. The molecular formula is C32H32ClFN4O7. The first kappa shape index (κ1) is 33.0. The van der Waals surface area contributed by atoms with Gasteiger partial charge in [-0.25, -0.2) is 4.39 Å². The summed E-state index contributed by atoms with van der Waals surface area (Å²) >= 11 is 5.98. The molecule has 0 spiro atoms. The summed E-state index contributed by atoms with van der Waals surface area (Å²) in [4.78, 5) is 41.0. The predicted molar refractivity (Wildman–Crippen MR) is 167 cm³/mol. The van der Waals surface area contributed by atoms with Crippen molar-refractivity contribution in [3.05, 3.63) is 77.7 Å². The Morgan fingerprint density at radius 3 is 2.31 bits per heavy atom. The van der Waals surface area contributed by atoms with E-state index in [2.05, 4.69) is 15.6 Å². The van der Waals surface area contributed by atoms with Gasteiger partial charge in [0.05, 0.1) is 19.2 Å². The highest BCUT2D eigenvalue weighted by molar-refractivity contribution is 6.31. The molecule has 1 heterocycles. The van der Waals surface area contributed by atoms with Crippen LogP contribution < -0.4 is 31.0 Å². The van der Waals surface area contributed by atoms with E-state index in [-0.39, 0.29) is 24.0 Å². The molecule has 1 aliphatic carbocycles. The number of hydrogen-bond donors (Lipinski definition) is 4. The Labute approximate surface area is 263 Å². The smallest absolute Gasteiger partial charge is 0.303 e. The zero-order valence-corrected chi connectivity index (χ0v) is 25.2. The van der Waals surface area contributed by atoms with Gasteiger partial charge in [-0.2, -0.15) is 0 Å². The molecule has 0 aliphatic heterocycles. The lowest BCUT2D eigenvalue weighted by Crippen LogP contribution is -2.35. The molecule has 0 atom stereocenters. The first-order valence-electron chi connectivity index (χ1n) is 13.9. The molecule has 236 valence electrons. The summed E-state index contributed by atoms with van der Waals surface area (Å²) in [6.07, 6.45) is 3.34. The van der Waals surface area contributed by atoms with Gasteiger partial charge in [0.2, 0.25) is 11.8 Å². The quantitative estimate of drug-likeness (QED) is 0.0890. The molecule has 11 nitrogen and oxygen atoms in total. The first-order chi connectivity index (χ1) is 21.2. The number of fused-ring (bicyclic) bond motifs is 1. The number of methoxy groups -OCH3 is 1. The van der Waals surface area contributed by atoms with E-state index in [4.69, 9.17) is 30.9 Å². The van der Waals surface area contributed by atoms with Gasteiger partial charge in [-0.1, -0.05) is 17.7 Å². The Morgan fingerprint density at radius 2 is 1.67 bits per heavy atom. The number of hydrogen-bond acceptors (Lipinski definition) is 8. The van der Waals surface area contributed by atoms with E-state index < -0.39 is 29.0 Å². The van der Waals surface area contributed by atoms with Crippen LogP contribution in [0.1, 0.15) is 32.1 Å². The third kappa shape index (κ3) is 7.78. The number of halogens is 2. The first-order valence-corrected chi connectivity index (χ1v) is 14.2. The highest BCUT2D eigenvalue weighted by atomic mass is 35.5. The molecular weight excluding hydrogens is 607 g/mol. The van der Waals surface area contributed by atoms with Gasteiger partial charge >= 0.3 is 5.97 Å². The lowest BCUT2D eigenvalue weighted by molar-refractivity contribution is -0.137. The Balaban J connectivity index is 0.00000461. The maximum atomic E-state index is 15.2.